The van der Waals surface area contributed by atoms with E-state index in [1.165, 1.54) is 35.1 Å². The second-order valence-electron chi connectivity index (χ2n) is 6.74. The third kappa shape index (κ3) is 4.39. The van der Waals surface area contributed by atoms with Gasteiger partial charge in [-0.3, -0.25) is 34.2 Å². The fraction of sp³-hybridized carbons (Fsp3) is 0.250. The molecular formula is C20H21N5O6. The number of nitrogens with one attached hydrogen (secondary N) is 1. The minimum Gasteiger partial charge on any atom is -0.467 e. The van der Waals surface area contributed by atoms with Gasteiger partial charge in [0.15, 0.2) is 5.69 Å². The quantitative estimate of drug-likeness (QED) is 0.412. The number of aromatic nitrogens is 2. The van der Waals surface area contributed by atoms with Gasteiger partial charge >= 0.3 is 5.69 Å². The molecule has 0 saturated heterocycles. The van der Waals surface area contributed by atoms with Gasteiger partial charge in [0.25, 0.3) is 17.2 Å². The minimum absolute atomic E-state index is 0.208. The number of nitrogens with two attached hydrogens (primary N) is 1. The third-order valence-corrected chi connectivity index (χ3v) is 4.69. The fourth-order valence-electron chi connectivity index (χ4n) is 3.15. The predicted octanol–water partition coefficient (Wildman–Crippen LogP) is 2.27. The smallest absolute Gasteiger partial charge is 0.330 e. The van der Waals surface area contributed by atoms with Gasteiger partial charge in [-0.1, -0.05) is 25.5 Å². The number of nitro benzene ring substituents is 1. The van der Waals surface area contributed by atoms with Crippen molar-refractivity contribution in [2.24, 2.45) is 0 Å². The highest BCUT2D eigenvalue weighted by molar-refractivity contribution is 6.09. The summed E-state index contributed by atoms with van der Waals surface area (Å²) in [7, 11) is 0. The van der Waals surface area contributed by atoms with Gasteiger partial charge in [0, 0.05) is 12.6 Å². The van der Waals surface area contributed by atoms with E-state index in [1.54, 1.807) is 12.1 Å². The summed E-state index contributed by atoms with van der Waals surface area (Å²) >= 11 is 0. The van der Waals surface area contributed by atoms with Gasteiger partial charge in [-0.05, 0) is 24.6 Å². The number of carbonyl (C=O) groups excluding carboxylic acids is 1. The van der Waals surface area contributed by atoms with Gasteiger partial charge in [0.05, 0.1) is 17.7 Å². The van der Waals surface area contributed by atoms with Gasteiger partial charge in [0.1, 0.15) is 17.1 Å². The van der Waals surface area contributed by atoms with Gasteiger partial charge in [-0.25, -0.2) is 4.79 Å². The number of benzene rings is 1. The van der Waals surface area contributed by atoms with Crippen LogP contribution in [0, 0.1) is 10.1 Å². The zero-order chi connectivity index (χ0) is 22.5. The van der Waals surface area contributed by atoms with Crippen LogP contribution in [0.1, 0.15) is 35.9 Å². The number of unbranched alkanes of at least 4 members (excludes halogenated alkanes) is 1. The van der Waals surface area contributed by atoms with Gasteiger partial charge in [-0.2, -0.15) is 0 Å². The average Bonchev–Trinajstić information content (AvgIpc) is 3.25. The van der Waals surface area contributed by atoms with Crippen molar-refractivity contribution < 1.29 is 14.1 Å². The molecule has 0 aliphatic carbocycles. The molecule has 2 aromatic heterocycles. The lowest BCUT2D eigenvalue weighted by molar-refractivity contribution is -0.385. The van der Waals surface area contributed by atoms with Crippen molar-refractivity contribution in [2.75, 3.05) is 10.6 Å². The van der Waals surface area contributed by atoms with E-state index >= 15 is 0 Å². The van der Waals surface area contributed by atoms with Crippen molar-refractivity contribution >= 4 is 23.1 Å². The highest BCUT2D eigenvalue weighted by Gasteiger charge is 2.30. The van der Waals surface area contributed by atoms with Crippen LogP contribution >= 0.6 is 0 Å². The second kappa shape index (κ2) is 9.11. The molecule has 2 heterocycles. The molecule has 1 aromatic carbocycles. The number of H-pyrrole nitrogens is 1. The molecule has 31 heavy (non-hydrogen) atoms. The van der Waals surface area contributed by atoms with Gasteiger partial charge in [0.2, 0.25) is 0 Å². The Morgan fingerprint density at radius 1 is 1.26 bits per heavy atom. The van der Waals surface area contributed by atoms with E-state index in [2.05, 4.69) is 4.98 Å². The molecular weight excluding hydrogens is 406 g/mol. The lowest BCUT2D eigenvalue weighted by Gasteiger charge is -2.23. The van der Waals surface area contributed by atoms with E-state index in [0.717, 1.165) is 11.3 Å². The first-order chi connectivity index (χ1) is 14.8. The number of nitrogen functional groups attached to an aromatic ring is 1. The summed E-state index contributed by atoms with van der Waals surface area (Å²) in [5.41, 5.74) is 3.64. The lowest BCUT2D eigenvalue weighted by Crippen LogP contribution is -2.41. The highest BCUT2D eigenvalue weighted by atomic mass is 16.6. The SMILES string of the molecule is CCCCn1c(N)c(N(Cc2ccco2)C(=O)c2ccccc2[N+](=O)[O-])c(=O)[nH]c1=O. The Kier molecular flexibility index (Phi) is 6.34. The number of rotatable bonds is 8. The molecule has 0 aliphatic rings. The van der Waals surface area contributed by atoms with Crippen molar-refractivity contribution in [3.63, 3.8) is 0 Å². The molecule has 11 heteroatoms. The summed E-state index contributed by atoms with van der Waals surface area (Å²) in [5.74, 6) is -0.723. The number of furan rings is 1. The summed E-state index contributed by atoms with van der Waals surface area (Å²) in [5, 5.41) is 11.4. The number of hydrogen-bond acceptors (Lipinski definition) is 7. The molecule has 0 saturated carbocycles. The summed E-state index contributed by atoms with van der Waals surface area (Å²) in [6.45, 7) is 1.94. The molecule has 1 amide bonds. The Hall–Kier alpha value is -4.15. The van der Waals surface area contributed by atoms with Crippen LogP contribution in [0.25, 0.3) is 0 Å². The number of amides is 1. The number of aromatic amines is 1. The first kappa shape index (κ1) is 21.6. The summed E-state index contributed by atoms with van der Waals surface area (Å²) in [6.07, 6.45) is 2.77. The number of anilines is 2. The molecule has 0 aliphatic heterocycles. The first-order valence-electron chi connectivity index (χ1n) is 9.55. The largest absolute Gasteiger partial charge is 0.467 e. The molecule has 162 valence electrons. The molecule has 3 N–H and O–H groups in total. The molecule has 0 unspecified atom stereocenters. The van der Waals surface area contributed by atoms with Crippen LogP contribution in [0.5, 0.6) is 0 Å². The topological polar surface area (TPSA) is 157 Å². The Morgan fingerprint density at radius 2 is 2.00 bits per heavy atom. The summed E-state index contributed by atoms with van der Waals surface area (Å²) < 4.78 is 6.47. The number of nitrogens with zero attached hydrogens (tertiary/aromatic N) is 3. The maximum atomic E-state index is 13.4. The molecule has 0 fully saturated rings. The molecule has 3 aromatic rings. The van der Waals surface area contributed by atoms with E-state index in [-0.39, 0.29) is 30.2 Å². The van der Waals surface area contributed by atoms with E-state index in [0.29, 0.717) is 12.2 Å². The minimum atomic E-state index is -0.881. The molecule has 0 radical (unpaired) electrons. The molecule has 11 nitrogen and oxygen atoms in total. The van der Waals surface area contributed by atoms with Crippen LogP contribution in [0.2, 0.25) is 0 Å². The number of para-hydroxylation sites is 1. The van der Waals surface area contributed by atoms with Crippen LogP contribution in [-0.2, 0) is 13.1 Å². The number of carbonyl (C=O) groups is 1. The first-order valence-corrected chi connectivity index (χ1v) is 9.55. The zero-order valence-corrected chi connectivity index (χ0v) is 16.7. The summed E-state index contributed by atoms with van der Waals surface area (Å²) in [6, 6.07) is 8.55. The summed E-state index contributed by atoms with van der Waals surface area (Å²) in [4.78, 5) is 52.3. The van der Waals surface area contributed by atoms with Crippen molar-refractivity contribution in [3.05, 3.63) is 84.9 Å². The standard InChI is InChI=1S/C20H21N5O6/c1-2-3-10-23-17(21)16(18(26)22-20(23)28)24(12-13-7-6-11-31-13)19(27)14-8-4-5-9-15(14)25(29)30/h4-9,11H,2-3,10,12,21H2,1H3,(H,22,26,28). The van der Waals surface area contributed by atoms with Crippen LogP contribution < -0.4 is 21.9 Å². The Morgan fingerprint density at radius 3 is 2.65 bits per heavy atom. The van der Waals surface area contributed by atoms with Crippen LogP contribution in [0.4, 0.5) is 17.2 Å². The van der Waals surface area contributed by atoms with Gasteiger partial charge in [-0.15, -0.1) is 0 Å². The molecule has 0 spiro atoms. The normalized spacial score (nSPS) is 10.7. The highest BCUT2D eigenvalue weighted by Crippen LogP contribution is 2.26. The number of hydrogen-bond donors (Lipinski definition) is 2. The van der Waals surface area contributed by atoms with Crippen molar-refractivity contribution in [2.45, 2.75) is 32.9 Å². The average molecular weight is 427 g/mol. The van der Waals surface area contributed by atoms with E-state index in [9.17, 15) is 24.5 Å². The third-order valence-electron chi connectivity index (χ3n) is 4.69. The lowest BCUT2D eigenvalue weighted by atomic mass is 10.1. The van der Waals surface area contributed by atoms with Crippen LogP contribution in [0.3, 0.4) is 0 Å². The van der Waals surface area contributed by atoms with E-state index < -0.39 is 27.8 Å². The predicted molar refractivity (Wildman–Crippen MR) is 113 cm³/mol. The van der Waals surface area contributed by atoms with Crippen molar-refractivity contribution in [1.29, 1.82) is 0 Å². The fourth-order valence-corrected chi connectivity index (χ4v) is 3.15. The molecule has 3 rings (SSSR count). The molecule has 0 atom stereocenters. The molecule has 0 bridgehead atoms. The Labute approximate surface area is 175 Å². The van der Waals surface area contributed by atoms with E-state index in [4.69, 9.17) is 10.2 Å². The maximum Gasteiger partial charge on any atom is 0.330 e. The zero-order valence-electron chi connectivity index (χ0n) is 16.7. The van der Waals surface area contributed by atoms with Crippen molar-refractivity contribution in [3.8, 4) is 0 Å². The Bertz CT molecular complexity index is 1210. The van der Waals surface area contributed by atoms with E-state index in [1.807, 2.05) is 6.92 Å². The van der Waals surface area contributed by atoms with Crippen molar-refractivity contribution in [1.82, 2.24) is 9.55 Å². The maximum absolute atomic E-state index is 13.4. The monoisotopic (exact) mass is 427 g/mol. The van der Waals surface area contributed by atoms with Gasteiger partial charge < -0.3 is 10.2 Å². The van der Waals surface area contributed by atoms with Crippen LogP contribution in [0.15, 0.2) is 56.7 Å². The Balaban J connectivity index is 2.20. The second-order valence-corrected chi connectivity index (χ2v) is 6.74. The van der Waals surface area contributed by atoms with Crippen LogP contribution in [-0.4, -0.2) is 20.4 Å². The number of nitro groups is 1.